The maximum absolute atomic E-state index is 9.90. The van der Waals surface area contributed by atoms with E-state index < -0.39 is 0 Å². The Bertz CT molecular complexity index is 813. The summed E-state index contributed by atoms with van der Waals surface area (Å²) in [5.74, 6) is 6.30. The summed E-state index contributed by atoms with van der Waals surface area (Å²) in [5, 5.41) is 10.4. The van der Waals surface area contributed by atoms with Gasteiger partial charge in [-0.15, -0.1) is 0 Å². The number of nitrogens with zero attached hydrogens (tertiary/aromatic N) is 1. The van der Waals surface area contributed by atoms with Crippen molar-refractivity contribution in [3.05, 3.63) is 53.6 Å². The number of benzene rings is 2. The van der Waals surface area contributed by atoms with E-state index in [4.69, 9.17) is 5.73 Å². The van der Waals surface area contributed by atoms with Gasteiger partial charge in [0.05, 0.1) is 4.70 Å². The number of nitrogens with two attached hydrogens (primary N) is 1. The van der Waals surface area contributed by atoms with Gasteiger partial charge in [0, 0.05) is 12.0 Å². The molecule has 0 aliphatic carbocycles. The molecular weight excluding hydrogens is 268 g/mol. The maximum Gasteiger partial charge on any atom is 0.181 e. The Kier molecular flexibility index (Phi) is 3.28. The van der Waals surface area contributed by atoms with Crippen molar-refractivity contribution in [3.8, 4) is 17.6 Å². The van der Waals surface area contributed by atoms with E-state index in [1.54, 1.807) is 6.07 Å². The Labute approximate surface area is 120 Å². The Morgan fingerprint density at radius 1 is 1.20 bits per heavy atom. The SMILES string of the molecule is Nc1nc2c(O)cc(C#CCc3ccccc3)cc2s1. The lowest BCUT2D eigenvalue weighted by atomic mass is 10.1. The third-order valence-electron chi connectivity index (χ3n) is 2.86. The molecule has 0 fully saturated rings. The predicted molar refractivity (Wildman–Crippen MR) is 82.7 cm³/mol. The van der Waals surface area contributed by atoms with E-state index in [-0.39, 0.29) is 5.75 Å². The van der Waals surface area contributed by atoms with Crippen LogP contribution in [0, 0.1) is 11.8 Å². The molecular formula is C16H12N2OS. The van der Waals surface area contributed by atoms with E-state index in [9.17, 15) is 5.11 Å². The lowest BCUT2D eigenvalue weighted by molar-refractivity contribution is 0.480. The first-order chi connectivity index (χ1) is 9.72. The molecule has 0 spiro atoms. The number of aromatic hydroxyl groups is 1. The number of rotatable bonds is 1. The molecule has 2 aromatic carbocycles. The number of hydrogen-bond acceptors (Lipinski definition) is 4. The number of thiazole rings is 1. The van der Waals surface area contributed by atoms with Crippen LogP contribution in [0.3, 0.4) is 0 Å². The summed E-state index contributed by atoms with van der Waals surface area (Å²) in [6.45, 7) is 0. The number of fused-ring (bicyclic) bond motifs is 1. The van der Waals surface area contributed by atoms with Gasteiger partial charge < -0.3 is 10.8 Å². The first-order valence-corrected chi connectivity index (χ1v) is 6.96. The van der Waals surface area contributed by atoms with Crippen LogP contribution in [0.25, 0.3) is 10.2 Å². The number of phenolic OH excluding ortho intramolecular Hbond substituents is 1. The first-order valence-electron chi connectivity index (χ1n) is 6.14. The second-order valence-corrected chi connectivity index (χ2v) is 5.42. The van der Waals surface area contributed by atoms with Crippen LogP contribution in [0.1, 0.15) is 11.1 Å². The molecule has 98 valence electrons. The Morgan fingerprint density at radius 3 is 2.80 bits per heavy atom. The number of hydrogen-bond donors (Lipinski definition) is 2. The predicted octanol–water partition coefficient (Wildman–Crippen LogP) is 3.18. The van der Waals surface area contributed by atoms with E-state index >= 15 is 0 Å². The highest BCUT2D eigenvalue weighted by molar-refractivity contribution is 7.22. The van der Waals surface area contributed by atoms with Gasteiger partial charge in [-0.2, -0.15) is 0 Å². The third kappa shape index (κ3) is 2.58. The highest BCUT2D eigenvalue weighted by Gasteiger charge is 2.07. The van der Waals surface area contributed by atoms with Crippen LogP contribution in [-0.2, 0) is 6.42 Å². The summed E-state index contributed by atoms with van der Waals surface area (Å²) in [4.78, 5) is 4.08. The normalized spacial score (nSPS) is 10.2. The first kappa shape index (κ1) is 12.5. The minimum atomic E-state index is 0.125. The van der Waals surface area contributed by atoms with Crippen LogP contribution in [0.2, 0.25) is 0 Å². The fraction of sp³-hybridized carbons (Fsp3) is 0.0625. The molecule has 0 bridgehead atoms. The molecule has 0 atom stereocenters. The molecule has 3 aromatic rings. The summed E-state index contributed by atoms with van der Waals surface area (Å²) < 4.78 is 0.853. The van der Waals surface area contributed by atoms with Gasteiger partial charge in [-0.3, -0.25) is 0 Å². The molecule has 0 radical (unpaired) electrons. The molecule has 0 saturated heterocycles. The number of aromatic nitrogens is 1. The van der Waals surface area contributed by atoms with Crippen LogP contribution >= 0.6 is 11.3 Å². The van der Waals surface area contributed by atoms with Crippen LogP contribution in [-0.4, -0.2) is 10.1 Å². The molecule has 0 amide bonds. The molecule has 0 saturated carbocycles. The zero-order valence-corrected chi connectivity index (χ0v) is 11.4. The van der Waals surface area contributed by atoms with Gasteiger partial charge in [0.15, 0.2) is 5.13 Å². The summed E-state index contributed by atoms with van der Waals surface area (Å²) in [6.07, 6.45) is 0.685. The highest BCUT2D eigenvalue weighted by Crippen LogP contribution is 2.31. The van der Waals surface area contributed by atoms with Crippen molar-refractivity contribution >= 4 is 26.7 Å². The standard InChI is InChI=1S/C16H12N2OS/c17-16-18-15-13(19)9-12(10-14(15)20-16)8-4-7-11-5-2-1-3-6-11/h1-3,5-6,9-10,19H,7H2,(H2,17,18). The number of nitrogen functional groups attached to an aromatic ring is 1. The molecule has 0 aliphatic heterocycles. The average Bonchev–Trinajstić information content (AvgIpc) is 2.81. The van der Waals surface area contributed by atoms with Crippen molar-refractivity contribution in [1.29, 1.82) is 0 Å². The molecule has 20 heavy (non-hydrogen) atoms. The van der Waals surface area contributed by atoms with Crippen molar-refractivity contribution in [2.75, 3.05) is 5.73 Å². The Morgan fingerprint density at radius 2 is 2.00 bits per heavy atom. The highest BCUT2D eigenvalue weighted by atomic mass is 32.1. The third-order valence-corrected chi connectivity index (χ3v) is 3.69. The van der Waals surface area contributed by atoms with Gasteiger partial charge >= 0.3 is 0 Å². The zero-order valence-electron chi connectivity index (χ0n) is 10.6. The molecule has 3 rings (SSSR count). The van der Waals surface area contributed by atoms with Crippen molar-refractivity contribution in [2.45, 2.75) is 6.42 Å². The van der Waals surface area contributed by atoms with E-state index in [0.717, 1.165) is 10.3 Å². The maximum atomic E-state index is 9.90. The molecule has 4 heteroatoms. The van der Waals surface area contributed by atoms with E-state index in [1.807, 2.05) is 36.4 Å². The van der Waals surface area contributed by atoms with Crippen LogP contribution in [0.5, 0.6) is 5.75 Å². The quantitative estimate of drug-likeness (QED) is 0.673. The average molecular weight is 280 g/mol. The van der Waals surface area contributed by atoms with Crippen LogP contribution in [0.15, 0.2) is 42.5 Å². The van der Waals surface area contributed by atoms with Crippen LogP contribution < -0.4 is 5.73 Å². The monoisotopic (exact) mass is 280 g/mol. The van der Waals surface area contributed by atoms with E-state index in [1.165, 1.54) is 16.9 Å². The van der Waals surface area contributed by atoms with Gasteiger partial charge in [0.2, 0.25) is 0 Å². The van der Waals surface area contributed by atoms with Crippen molar-refractivity contribution in [1.82, 2.24) is 4.98 Å². The van der Waals surface area contributed by atoms with Gasteiger partial charge in [-0.25, -0.2) is 4.98 Å². The summed E-state index contributed by atoms with van der Waals surface area (Å²) >= 11 is 1.35. The Hall–Kier alpha value is -2.51. The molecule has 3 N–H and O–H groups in total. The molecule has 0 unspecified atom stereocenters. The molecule has 1 heterocycles. The second kappa shape index (κ2) is 5.24. The van der Waals surface area contributed by atoms with Gasteiger partial charge in [-0.05, 0) is 17.7 Å². The molecule has 1 aromatic heterocycles. The van der Waals surface area contributed by atoms with Gasteiger partial charge in [0.25, 0.3) is 0 Å². The minimum absolute atomic E-state index is 0.125. The Balaban J connectivity index is 1.88. The van der Waals surface area contributed by atoms with Crippen LogP contribution in [0.4, 0.5) is 5.13 Å². The largest absolute Gasteiger partial charge is 0.506 e. The summed E-state index contributed by atoms with van der Waals surface area (Å²) in [7, 11) is 0. The fourth-order valence-corrected chi connectivity index (χ4v) is 2.74. The van der Waals surface area contributed by atoms with Crippen molar-refractivity contribution < 1.29 is 5.11 Å². The van der Waals surface area contributed by atoms with Gasteiger partial charge in [-0.1, -0.05) is 53.5 Å². The second-order valence-electron chi connectivity index (χ2n) is 4.36. The summed E-state index contributed by atoms with van der Waals surface area (Å²) in [5.41, 5.74) is 8.13. The number of phenols is 1. The topological polar surface area (TPSA) is 59.1 Å². The smallest absolute Gasteiger partial charge is 0.181 e. The minimum Gasteiger partial charge on any atom is -0.506 e. The summed E-state index contributed by atoms with van der Waals surface area (Å²) in [6, 6.07) is 13.6. The van der Waals surface area contributed by atoms with Crippen molar-refractivity contribution in [3.63, 3.8) is 0 Å². The zero-order chi connectivity index (χ0) is 13.9. The molecule has 3 nitrogen and oxygen atoms in total. The van der Waals surface area contributed by atoms with E-state index in [2.05, 4.69) is 16.8 Å². The van der Waals surface area contributed by atoms with Crippen molar-refractivity contribution in [2.24, 2.45) is 0 Å². The number of anilines is 1. The lowest BCUT2D eigenvalue weighted by Crippen LogP contribution is -1.81. The fourth-order valence-electron chi connectivity index (χ4n) is 1.95. The van der Waals surface area contributed by atoms with E-state index in [0.29, 0.717) is 17.1 Å². The molecule has 0 aliphatic rings. The lowest BCUT2D eigenvalue weighted by Gasteiger charge is -1.95. The van der Waals surface area contributed by atoms with Gasteiger partial charge in [0.1, 0.15) is 11.3 Å².